The van der Waals surface area contributed by atoms with Gasteiger partial charge in [0.1, 0.15) is 16.2 Å². The van der Waals surface area contributed by atoms with Gasteiger partial charge in [0.2, 0.25) is 6.79 Å². The molecule has 0 fully saturated rings. The number of nitriles is 1. The highest BCUT2D eigenvalue weighted by Gasteiger charge is 2.16. The lowest BCUT2D eigenvalue weighted by molar-refractivity contribution is 0.174. The molecule has 1 aliphatic heterocycles. The van der Waals surface area contributed by atoms with E-state index in [0.29, 0.717) is 27.0 Å². The molecule has 0 aliphatic carbocycles. The number of aromatic nitrogens is 2. The molecule has 0 saturated heterocycles. The average Bonchev–Trinajstić information content (AvgIpc) is 3.41. The number of halogens is 1. The number of rotatable bonds is 3. The van der Waals surface area contributed by atoms with Crippen molar-refractivity contribution in [2.24, 2.45) is 0 Å². The van der Waals surface area contributed by atoms with Gasteiger partial charge in [-0.2, -0.15) is 5.26 Å². The predicted octanol–water partition coefficient (Wildman–Crippen LogP) is 5.80. The van der Waals surface area contributed by atoms with Gasteiger partial charge in [0, 0.05) is 21.9 Å². The van der Waals surface area contributed by atoms with Crippen LogP contribution in [0.3, 0.4) is 0 Å². The molecule has 0 spiro atoms. The highest BCUT2D eigenvalue weighted by molar-refractivity contribution is 7.11. The highest BCUT2D eigenvalue weighted by Crippen LogP contribution is 2.37. The Labute approximate surface area is 175 Å². The molecule has 2 aromatic carbocycles. The minimum Gasteiger partial charge on any atom is -0.454 e. The van der Waals surface area contributed by atoms with E-state index in [2.05, 4.69) is 16.0 Å². The summed E-state index contributed by atoms with van der Waals surface area (Å²) in [5.74, 6) is 1.42. The third-order valence-corrected chi connectivity index (χ3v) is 5.71. The van der Waals surface area contributed by atoms with Crippen LogP contribution in [0.1, 0.15) is 10.6 Å². The van der Waals surface area contributed by atoms with E-state index >= 15 is 0 Å². The number of benzene rings is 2. The number of thiazole rings is 1. The van der Waals surface area contributed by atoms with Gasteiger partial charge in [-0.05, 0) is 36.4 Å². The molecule has 7 heteroatoms. The van der Waals surface area contributed by atoms with Crippen molar-refractivity contribution in [3.8, 4) is 28.8 Å². The molecular weight excluding hydrogens is 406 g/mol. The number of para-hydroxylation sites is 1. The monoisotopic (exact) mass is 417 g/mol. The first-order valence-corrected chi connectivity index (χ1v) is 10.00. The van der Waals surface area contributed by atoms with E-state index in [-0.39, 0.29) is 6.79 Å². The van der Waals surface area contributed by atoms with E-state index in [4.69, 9.17) is 21.1 Å². The van der Waals surface area contributed by atoms with Crippen molar-refractivity contribution in [1.82, 2.24) is 9.97 Å². The summed E-state index contributed by atoms with van der Waals surface area (Å²) in [7, 11) is 0. The molecule has 29 heavy (non-hydrogen) atoms. The Balaban J connectivity index is 1.52. The zero-order chi connectivity index (χ0) is 19.8. The van der Waals surface area contributed by atoms with Gasteiger partial charge in [-0.1, -0.05) is 29.8 Å². The normalized spacial score (nSPS) is 12.9. The maximum absolute atomic E-state index is 9.70. The van der Waals surface area contributed by atoms with Gasteiger partial charge in [-0.25, -0.2) is 9.97 Å². The summed E-state index contributed by atoms with van der Waals surface area (Å²) in [4.78, 5) is 9.04. The number of hydrogen-bond donors (Lipinski definition) is 0. The fraction of sp³-hybridized carbons (Fsp3) is 0.0455. The molecule has 2 aromatic heterocycles. The van der Waals surface area contributed by atoms with Crippen LogP contribution in [0.5, 0.6) is 11.5 Å². The molecule has 0 radical (unpaired) electrons. The quantitative estimate of drug-likeness (QED) is 0.311. The van der Waals surface area contributed by atoms with E-state index in [0.717, 1.165) is 27.9 Å². The lowest BCUT2D eigenvalue weighted by Crippen LogP contribution is -1.92. The van der Waals surface area contributed by atoms with Crippen LogP contribution in [-0.4, -0.2) is 16.8 Å². The second kappa shape index (κ2) is 7.21. The molecule has 5 nitrogen and oxygen atoms in total. The van der Waals surface area contributed by atoms with E-state index in [9.17, 15) is 5.26 Å². The van der Waals surface area contributed by atoms with Gasteiger partial charge >= 0.3 is 0 Å². The molecule has 0 bridgehead atoms. The van der Waals surface area contributed by atoms with E-state index in [1.165, 1.54) is 11.3 Å². The van der Waals surface area contributed by atoms with E-state index in [1.54, 1.807) is 6.08 Å². The molecule has 4 aromatic rings. The van der Waals surface area contributed by atoms with Gasteiger partial charge in [0.05, 0.1) is 16.8 Å². The molecule has 0 unspecified atom stereocenters. The summed E-state index contributed by atoms with van der Waals surface area (Å²) in [6, 6.07) is 17.5. The summed E-state index contributed by atoms with van der Waals surface area (Å²) >= 11 is 7.74. The Bertz CT molecular complexity index is 1320. The Morgan fingerprint density at radius 3 is 2.86 bits per heavy atom. The number of fused-ring (bicyclic) bond motifs is 2. The SMILES string of the molecule is N#C/C(=C\c1cc2ccccc2nc1Cl)c1nc(-c2ccc3c(c2)OCO3)cs1. The summed E-state index contributed by atoms with van der Waals surface area (Å²) in [6.45, 7) is 0.225. The third kappa shape index (κ3) is 3.31. The average molecular weight is 418 g/mol. The zero-order valence-corrected chi connectivity index (χ0v) is 16.5. The van der Waals surface area contributed by atoms with Crippen molar-refractivity contribution in [3.63, 3.8) is 0 Å². The van der Waals surface area contributed by atoms with Gasteiger partial charge in [0.15, 0.2) is 11.5 Å². The minimum absolute atomic E-state index is 0.225. The number of nitrogens with zero attached hydrogens (tertiary/aromatic N) is 3. The Hall–Kier alpha value is -3.40. The largest absolute Gasteiger partial charge is 0.454 e. The van der Waals surface area contributed by atoms with Crippen molar-refractivity contribution < 1.29 is 9.47 Å². The van der Waals surface area contributed by atoms with Crippen LogP contribution in [0, 0.1) is 11.3 Å². The van der Waals surface area contributed by atoms with Crippen LogP contribution in [0.25, 0.3) is 33.8 Å². The van der Waals surface area contributed by atoms with E-state index < -0.39 is 0 Å². The molecular formula is C22H12ClN3O2S. The van der Waals surface area contributed by atoms with Crippen molar-refractivity contribution in [1.29, 1.82) is 5.26 Å². The highest BCUT2D eigenvalue weighted by atomic mass is 35.5. The Morgan fingerprint density at radius 1 is 1.10 bits per heavy atom. The van der Waals surface area contributed by atoms with Crippen LogP contribution in [0.2, 0.25) is 5.15 Å². The van der Waals surface area contributed by atoms with Crippen molar-refractivity contribution >= 4 is 45.5 Å². The van der Waals surface area contributed by atoms with Crippen LogP contribution in [0.15, 0.2) is 53.9 Å². The molecule has 0 saturated carbocycles. The van der Waals surface area contributed by atoms with Gasteiger partial charge in [-0.15, -0.1) is 11.3 Å². The fourth-order valence-corrected chi connectivity index (χ4v) is 4.09. The molecule has 3 heterocycles. The van der Waals surface area contributed by atoms with Crippen molar-refractivity contribution in [3.05, 3.63) is 69.6 Å². The number of allylic oxidation sites excluding steroid dienone is 1. The van der Waals surface area contributed by atoms with Gasteiger partial charge in [-0.3, -0.25) is 0 Å². The first kappa shape index (κ1) is 17.7. The number of ether oxygens (including phenoxy) is 2. The summed E-state index contributed by atoms with van der Waals surface area (Å²) in [6.07, 6.45) is 1.73. The van der Waals surface area contributed by atoms with Crippen LogP contribution in [0.4, 0.5) is 0 Å². The summed E-state index contributed by atoms with van der Waals surface area (Å²) < 4.78 is 10.8. The first-order valence-electron chi connectivity index (χ1n) is 8.74. The van der Waals surface area contributed by atoms with Gasteiger partial charge < -0.3 is 9.47 Å². The zero-order valence-electron chi connectivity index (χ0n) is 14.9. The van der Waals surface area contributed by atoms with Crippen molar-refractivity contribution in [2.75, 3.05) is 6.79 Å². The fourth-order valence-electron chi connectivity index (χ4n) is 3.09. The maximum atomic E-state index is 9.70. The summed E-state index contributed by atoms with van der Waals surface area (Å²) in [5.41, 5.74) is 3.60. The smallest absolute Gasteiger partial charge is 0.231 e. The summed E-state index contributed by atoms with van der Waals surface area (Å²) in [5, 5.41) is 13.5. The molecule has 5 rings (SSSR count). The van der Waals surface area contributed by atoms with Gasteiger partial charge in [0.25, 0.3) is 0 Å². The first-order chi connectivity index (χ1) is 14.2. The molecule has 140 valence electrons. The Kier molecular flexibility index (Phi) is 4.39. The molecule has 0 atom stereocenters. The third-order valence-electron chi connectivity index (χ3n) is 4.53. The maximum Gasteiger partial charge on any atom is 0.231 e. The standard InChI is InChI=1S/C22H12ClN3O2S/c23-21-15(7-13-3-1-2-4-17(13)25-21)8-16(10-24)22-26-18(11-29-22)14-5-6-19-20(9-14)28-12-27-19/h1-9,11H,12H2/b16-8+. The Morgan fingerprint density at radius 2 is 1.97 bits per heavy atom. The molecule has 0 amide bonds. The lowest BCUT2D eigenvalue weighted by atomic mass is 10.1. The number of pyridine rings is 1. The second-order valence-corrected chi connectivity index (χ2v) is 7.55. The number of hydrogen-bond acceptors (Lipinski definition) is 6. The van der Waals surface area contributed by atoms with Crippen LogP contribution >= 0.6 is 22.9 Å². The predicted molar refractivity (Wildman–Crippen MR) is 114 cm³/mol. The van der Waals surface area contributed by atoms with E-state index in [1.807, 2.05) is 53.9 Å². The van der Waals surface area contributed by atoms with Crippen LogP contribution in [-0.2, 0) is 0 Å². The van der Waals surface area contributed by atoms with Crippen LogP contribution < -0.4 is 9.47 Å². The lowest BCUT2D eigenvalue weighted by Gasteiger charge is -2.03. The van der Waals surface area contributed by atoms with Crippen molar-refractivity contribution in [2.45, 2.75) is 0 Å². The molecule has 0 N–H and O–H groups in total. The second-order valence-electron chi connectivity index (χ2n) is 6.34. The topological polar surface area (TPSA) is 68.0 Å². The minimum atomic E-state index is 0.225. The molecule has 1 aliphatic rings.